The second kappa shape index (κ2) is 10.7. The van der Waals surface area contributed by atoms with Crippen LogP contribution in [0.25, 0.3) is 6.08 Å². The van der Waals surface area contributed by atoms with Gasteiger partial charge in [-0.05, 0) is 78.4 Å². The summed E-state index contributed by atoms with van der Waals surface area (Å²) >= 11 is 0. The van der Waals surface area contributed by atoms with E-state index in [1.54, 1.807) is 5.01 Å². The number of fused-ring (bicyclic) bond motifs is 1. The molecule has 8 heteroatoms. The Morgan fingerprint density at radius 3 is 2.08 bits per heavy atom. The molecule has 3 aromatic rings. The second-order valence-electron chi connectivity index (χ2n) is 10.5. The molecule has 2 aliphatic rings. The van der Waals surface area contributed by atoms with Crippen molar-refractivity contribution in [3.05, 3.63) is 105 Å². The van der Waals surface area contributed by atoms with Gasteiger partial charge in [-0.2, -0.15) is 5.10 Å². The summed E-state index contributed by atoms with van der Waals surface area (Å²) in [5, 5.41) is 17.7. The van der Waals surface area contributed by atoms with Crippen molar-refractivity contribution in [2.24, 2.45) is 11.0 Å². The summed E-state index contributed by atoms with van der Waals surface area (Å²) in [7, 11) is 8.04. The lowest BCUT2D eigenvalue weighted by molar-refractivity contribution is -0.384. The summed E-state index contributed by atoms with van der Waals surface area (Å²) in [4.78, 5) is 28.6. The van der Waals surface area contributed by atoms with Crippen LogP contribution in [0.5, 0.6) is 0 Å². The van der Waals surface area contributed by atoms with Crippen LogP contribution in [0.2, 0.25) is 0 Å². The number of benzene rings is 3. The standard InChI is InChI=1S/C31H33N5O3/c1-33(2)25-14-8-21(9-15-25)20-24-6-5-7-28-29(24)32-35(30(28)22-10-16-26(17-11-22)34(3)4)31(37)23-12-18-27(19-13-23)36(38)39/h8-20,28,30H,5-7H2,1-4H3/b24-20+/t28-,30+/m0/s1. The fourth-order valence-corrected chi connectivity index (χ4v) is 5.40. The van der Waals surface area contributed by atoms with E-state index in [-0.39, 0.29) is 23.6 Å². The normalized spacial score (nSPS) is 19.4. The third-order valence-corrected chi connectivity index (χ3v) is 7.54. The highest BCUT2D eigenvalue weighted by Crippen LogP contribution is 2.45. The Labute approximate surface area is 229 Å². The molecule has 1 heterocycles. The summed E-state index contributed by atoms with van der Waals surface area (Å²) in [6.07, 6.45) is 5.03. The number of non-ortho nitro benzene ring substituents is 1. The van der Waals surface area contributed by atoms with Gasteiger partial charge < -0.3 is 9.80 Å². The topological polar surface area (TPSA) is 82.3 Å². The van der Waals surface area contributed by atoms with Crippen molar-refractivity contribution in [2.75, 3.05) is 38.0 Å². The van der Waals surface area contributed by atoms with Crippen LogP contribution in [0.15, 0.2) is 83.5 Å². The highest BCUT2D eigenvalue weighted by Gasteiger charge is 2.44. The minimum absolute atomic E-state index is 0.0470. The molecule has 0 N–H and O–H groups in total. The molecule has 0 unspecified atom stereocenters. The molecule has 1 amide bonds. The maximum atomic E-state index is 13.8. The molecule has 0 spiro atoms. The monoisotopic (exact) mass is 523 g/mol. The molecule has 1 fully saturated rings. The van der Waals surface area contributed by atoms with Gasteiger partial charge in [0.1, 0.15) is 0 Å². The van der Waals surface area contributed by atoms with Gasteiger partial charge in [-0.3, -0.25) is 14.9 Å². The van der Waals surface area contributed by atoms with E-state index in [4.69, 9.17) is 5.10 Å². The summed E-state index contributed by atoms with van der Waals surface area (Å²) in [5.41, 5.74) is 6.78. The Morgan fingerprint density at radius 1 is 0.923 bits per heavy atom. The van der Waals surface area contributed by atoms with Gasteiger partial charge in [0.2, 0.25) is 0 Å². The number of carbonyl (C=O) groups excluding carboxylic acids is 1. The number of hydrogen-bond donors (Lipinski definition) is 0. The Kier molecular flexibility index (Phi) is 7.19. The number of hydrazone groups is 1. The van der Waals surface area contributed by atoms with Crippen LogP contribution < -0.4 is 9.80 Å². The molecule has 8 nitrogen and oxygen atoms in total. The maximum absolute atomic E-state index is 13.8. The molecule has 200 valence electrons. The lowest BCUT2D eigenvalue weighted by Gasteiger charge is -2.30. The van der Waals surface area contributed by atoms with Gasteiger partial charge in [0, 0.05) is 63.2 Å². The SMILES string of the molecule is CN(C)c1ccc(/C=C2\CCC[C@H]3C2=NN(C(=O)c2ccc([N+](=O)[O-])cc2)[C@@H]3c2ccc(N(C)C)cc2)cc1. The lowest BCUT2D eigenvalue weighted by atomic mass is 9.77. The van der Waals surface area contributed by atoms with Crippen molar-refractivity contribution >= 4 is 34.8 Å². The molecule has 2 atom stereocenters. The molecule has 0 saturated heterocycles. The number of rotatable bonds is 6. The summed E-state index contributed by atoms with van der Waals surface area (Å²) < 4.78 is 0. The largest absolute Gasteiger partial charge is 0.378 e. The van der Waals surface area contributed by atoms with E-state index in [0.717, 1.165) is 53.0 Å². The highest BCUT2D eigenvalue weighted by atomic mass is 16.6. The molecule has 5 rings (SSSR count). The highest BCUT2D eigenvalue weighted by molar-refractivity contribution is 6.09. The Bertz CT molecular complexity index is 1420. The van der Waals surface area contributed by atoms with E-state index >= 15 is 0 Å². The molecule has 1 saturated carbocycles. The van der Waals surface area contributed by atoms with Crippen LogP contribution >= 0.6 is 0 Å². The summed E-state index contributed by atoms with van der Waals surface area (Å²) in [5.74, 6) is -0.193. The number of nitro benzene ring substituents is 1. The minimum Gasteiger partial charge on any atom is -0.378 e. The first-order valence-corrected chi connectivity index (χ1v) is 13.1. The summed E-state index contributed by atoms with van der Waals surface area (Å²) in [6, 6.07) is 22.2. The molecule has 0 radical (unpaired) electrons. The predicted molar refractivity (Wildman–Crippen MR) is 156 cm³/mol. The Morgan fingerprint density at radius 2 is 1.51 bits per heavy atom. The van der Waals surface area contributed by atoms with Gasteiger partial charge in [0.25, 0.3) is 11.6 Å². The molecular formula is C31H33N5O3. The van der Waals surface area contributed by atoms with Crippen molar-refractivity contribution in [1.82, 2.24) is 5.01 Å². The number of amides is 1. The van der Waals surface area contributed by atoms with Crippen LogP contribution in [0.4, 0.5) is 17.1 Å². The van der Waals surface area contributed by atoms with E-state index in [2.05, 4.69) is 59.5 Å². The van der Waals surface area contributed by atoms with Gasteiger partial charge in [-0.1, -0.05) is 24.3 Å². The van der Waals surface area contributed by atoms with Crippen molar-refractivity contribution in [3.8, 4) is 0 Å². The van der Waals surface area contributed by atoms with Crippen molar-refractivity contribution < 1.29 is 9.72 Å². The lowest BCUT2D eigenvalue weighted by Crippen LogP contribution is -2.32. The average Bonchev–Trinajstić information content (AvgIpc) is 3.33. The Hall–Kier alpha value is -4.46. The van der Waals surface area contributed by atoms with E-state index in [0.29, 0.717) is 5.56 Å². The van der Waals surface area contributed by atoms with Crippen molar-refractivity contribution in [2.45, 2.75) is 25.3 Å². The third-order valence-electron chi connectivity index (χ3n) is 7.54. The molecule has 1 aliphatic carbocycles. The fourth-order valence-electron chi connectivity index (χ4n) is 5.40. The van der Waals surface area contributed by atoms with E-state index < -0.39 is 4.92 Å². The quantitative estimate of drug-likeness (QED) is 0.285. The summed E-state index contributed by atoms with van der Waals surface area (Å²) in [6.45, 7) is 0. The maximum Gasteiger partial charge on any atom is 0.274 e. The van der Waals surface area contributed by atoms with Gasteiger partial charge in [-0.25, -0.2) is 5.01 Å². The first-order chi connectivity index (χ1) is 18.7. The second-order valence-corrected chi connectivity index (χ2v) is 10.5. The fraction of sp³-hybridized carbons (Fsp3) is 0.290. The molecule has 3 aromatic carbocycles. The number of hydrogen-bond acceptors (Lipinski definition) is 6. The van der Waals surface area contributed by atoms with Crippen LogP contribution in [-0.4, -0.2) is 49.7 Å². The number of carbonyl (C=O) groups is 1. The zero-order valence-corrected chi connectivity index (χ0v) is 22.7. The first-order valence-electron chi connectivity index (χ1n) is 13.1. The van der Waals surface area contributed by atoms with Crippen LogP contribution in [0.1, 0.15) is 46.8 Å². The first kappa shape index (κ1) is 26.2. The third kappa shape index (κ3) is 5.27. The van der Waals surface area contributed by atoms with Gasteiger partial charge in [0.05, 0.1) is 16.7 Å². The van der Waals surface area contributed by atoms with Gasteiger partial charge >= 0.3 is 0 Å². The van der Waals surface area contributed by atoms with E-state index in [1.807, 2.05) is 33.1 Å². The van der Waals surface area contributed by atoms with Crippen LogP contribution in [0, 0.1) is 16.0 Å². The van der Waals surface area contributed by atoms with E-state index in [1.165, 1.54) is 24.3 Å². The predicted octanol–water partition coefficient (Wildman–Crippen LogP) is 6.16. The molecule has 0 bridgehead atoms. The molecule has 0 aromatic heterocycles. The zero-order valence-electron chi connectivity index (χ0n) is 22.7. The Balaban J connectivity index is 1.54. The van der Waals surface area contributed by atoms with Crippen molar-refractivity contribution in [1.29, 1.82) is 0 Å². The van der Waals surface area contributed by atoms with Crippen LogP contribution in [-0.2, 0) is 0 Å². The average molecular weight is 524 g/mol. The van der Waals surface area contributed by atoms with Crippen LogP contribution in [0.3, 0.4) is 0 Å². The molecule has 39 heavy (non-hydrogen) atoms. The van der Waals surface area contributed by atoms with Crippen molar-refractivity contribution in [3.63, 3.8) is 0 Å². The minimum atomic E-state index is -0.462. The number of anilines is 2. The number of allylic oxidation sites excluding steroid dienone is 1. The molecular weight excluding hydrogens is 490 g/mol. The smallest absolute Gasteiger partial charge is 0.274 e. The molecule has 1 aliphatic heterocycles. The number of nitro groups is 1. The van der Waals surface area contributed by atoms with Gasteiger partial charge in [0.15, 0.2) is 0 Å². The van der Waals surface area contributed by atoms with E-state index in [9.17, 15) is 14.9 Å². The van der Waals surface area contributed by atoms with Gasteiger partial charge in [-0.15, -0.1) is 0 Å². The number of nitrogens with zero attached hydrogens (tertiary/aromatic N) is 5. The zero-order chi connectivity index (χ0) is 27.7.